The van der Waals surface area contributed by atoms with Gasteiger partial charge in [-0.1, -0.05) is 13.3 Å². The maximum Gasteiger partial charge on any atom is 0.314 e. The molecule has 0 saturated heterocycles. The van der Waals surface area contributed by atoms with Gasteiger partial charge in [-0.15, -0.1) is 0 Å². The highest BCUT2D eigenvalue weighted by atomic mass is 19.1. The van der Waals surface area contributed by atoms with Crippen molar-refractivity contribution in [2.45, 2.75) is 71.1 Å². The van der Waals surface area contributed by atoms with Gasteiger partial charge >= 0.3 is 5.97 Å². The fraction of sp³-hybridized carbons (Fsp3) is 0.708. The normalized spacial score (nSPS) is 35.8. The molecule has 3 aliphatic carbocycles. The fourth-order valence-corrected chi connectivity index (χ4v) is 6.16. The molecule has 2 nitrogen and oxygen atoms in total. The Morgan fingerprint density at radius 2 is 1.46 bits per heavy atom. The lowest BCUT2D eigenvalue weighted by atomic mass is 9.61. The largest absolute Gasteiger partial charge is 0.423 e. The monoisotopic (exact) mass is 390 g/mol. The van der Waals surface area contributed by atoms with Gasteiger partial charge in [-0.25, -0.2) is 8.78 Å². The van der Waals surface area contributed by atoms with Crippen molar-refractivity contribution in [1.82, 2.24) is 0 Å². The number of fused-ring (bicyclic) bond motifs is 1. The molecule has 3 saturated carbocycles. The van der Waals surface area contributed by atoms with Gasteiger partial charge in [-0.2, -0.15) is 0 Å². The van der Waals surface area contributed by atoms with Crippen molar-refractivity contribution >= 4 is 5.97 Å². The third-order valence-corrected chi connectivity index (χ3v) is 7.79. The van der Waals surface area contributed by atoms with E-state index < -0.39 is 11.6 Å². The van der Waals surface area contributed by atoms with Gasteiger partial charge in [0.05, 0.1) is 5.92 Å². The minimum atomic E-state index is -0.819. The molecule has 0 spiro atoms. The highest BCUT2D eigenvalue weighted by molar-refractivity contribution is 5.75. The molecule has 0 amide bonds. The van der Waals surface area contributed by atoms with Gasteiger partial charge in [0.1, 0.15) is 5.82 Å². The number of hydrogen-bond donors (Lipinski definition) is 0. The molecule has 154 valence electrons. The first-order valence-corrected chi connectivity index (χ1v) is 11.2. The van der Waals surface area contributed by atoms with E-state index >= 15 is 0 Å². The lowest BCUT2D eigenvalue weighted by Gasteiger charge is -2.44. The number of esters is 1. The Balaban J connectivity index is 1.27. The Kier molecular flexibility index (Phi) is 6.03. The molecule has 0 bridgehead atoms. The number of ether oxygens (including phenoxy) is 1. The van der Waals surface area contributed by atoms with Crippen LogP contribution in [0.2, 0.25) is 0 Å². The van der Waals surface area contributed by atoms with E-state index in [9.17, 15) is 13.6 Å². The van der Waals surface area contributed by atoms with Crippen molar-refractivity contribution in [3.63, 3.8) is 0 Å². The lowest BCUT2D eigenvalue weighted by molar-refractivity contribution is -0.140. The summed E-state index contributed by atoms with van der Waals surface area (Å²) in [6.07, 6.45) is 12.2. The van der Waals surface area contributed by atoms with Crippen molar-refractivity contribution in [3.8, 4) is 5.75 Å². The Bertz CT molecular complexity index is 696. The molecule has 0 aliphatic heterocycles. The van der Waals surface area contributed by atoms with Crippen LogP contribution < -0.4 is 4.74 Å². The molecule has 0 aromatic heterocycles. The first kappa shape index (κ1) is 19.8. The van der Waals surface area contributed by atoms with Crippen LogP contribution in [-0.4, -0.2) is 5.97 Å². The summed E-state index contributed by atoms with van der Waals surface area (Å²) in [4.78, 5) is 12.4. The molecule has 4 atom stereocenters. The number of rotatable bonds is 3. The maximum atomic E-state index is 13.7. The minimum absolute atomic E-state index is 0.160. The van der Waals surface area contributed by atoms with E-state index in [1.165, 1.54) is 44.6 Å². The zero-order valence-corrected chi connectivity index (χ0v) is 16.8. The van der Waals surface area contributed by atoms with Gasteiger partial charge in [0.25, 0.3) is 0 Å². The summed E-state index contributed by atoms with van der Waals surface area (Å²) in [7, 11) is 0. The van der Waals surface area contributed by atoms with E-state index in [1.54, 1.807) is 0 Å². The molecule has 0 radical (unpaired) electrons. The standard InChI is InChI=1S/C24H32F2O2/c1-15-2-3-20-13-19(9-8-18(20)12-15)16-4-6-17(7-5-16)24(27)28-23-11-10-21(25)14-22(23)26/h10-11,14-20H,2-9,12-13H2,1H3. The van der Waals surface area contributed by atoms with Crippen LogP contribution in [0.15, 0.2) is 18.2 Å². The van der Waals surface area contributed by atoms with Crippen molar-refractivity contribution in [3.05, 3.63) is 29.8 Å². The number of hydrogen-bond acceptors (Lipinski definition) is 2. The molecule has 0 N–H and O–H groups in total. The average Bonchev–Trinajstić information content (AvgIpc) is 2.70. The van der Waals surface area contributed by atoms with E-state index in [2.05, 4.69) is 6.92 Å². The summed E-state index contributed by atoms with van der Waals surface area (Å²) in [5.41, 5.74) is 0. The van der Waals surface area contributed by atoms with Crippen LogP contribution in [0.4, 0.5) is 8.78 Å². The molecule has 0 heterocycles. The van der Waals surface area contributed by atoms with Crippen molar-refractivity contribution in [2.24, 2.45) is 35.5 Å². The van der Waals surface area contributed by atoms with Crippen LogP contribution in [0.25, 0.3) is 0 Å². The van der Waals surface area contributed by atoms with Crippen LogP contribution in [0.1, 0.15) is 71.1 Å². The minimum Gasteiger partial charge on any atom is -0.423 e. The lowest BCUT2D eigenvalue weighted by Crippen LogP contribution is -2.35. The summed E-state index contributed by atoms with van der Waals surface area (Å²) < 4.78 is 31.9. The van der Waals surface area contributed by atoms with Gasteiger partial charge in [0.2, 0.25) is 0 Å². The molecular weight excluding hydrogens is 358 g/mol. The van der Waals surface area contributed by atoms with Crippen LogP contribution in [0, 0.1) is 47.1 Å². The van der Waals surface area contributed by atoms with Gasteiger partial charge in [-0.3, -0.25) is 4.79 Å². The fourth-order valence-electron chi connectivity index (χ4n) is 6.16. The molecular formula is C24H32F2O2. The van der Waals surface area contributed by atoms with E-state index in [1.807, 2.05) is 0 Å². The van der Waals surface area contributed by atoms with Crippen molar-refractivity contribution in [2.75, 3.05) is 0 Å². The first-order valence-electron chi connectivity index (χ1n) is 11.2. The summed E-state index contributed by atoms with van der Waals surface area (Å²) >= 11 is 0. The van der Waals surface area contributed by atoms with Crippen LogP contribution in [0.5, 0.6) is 5.75 Å². The molecule has 1 aromatic rings. The summed E-state index contributed by atoms with van der Waals surface area (Å²) in [6.45, 7) is 2.40. The van der Waals surface area contributed by atoms with Crippen LogP contribution >= 0.6 is 0 Å². The molecule has 3 aliphatic rings. The number of carbonyl (C=O) groups is 1. The van der Waals surface area contributed by atoms with E-state index in [0.29, 0.717) is 0 Å². The van der Waals surface area contributed by atoms with Gasteiger partial charge in [-0.05, 0) is 99.5 Å². The smallest absolute Gasteiger partial charge is 0.314 e. The van der Waals surface area contributed by atoms with Gasteiger partial charge in [0.15, 0.2) is 11.6 Å². The Morgan fingerprint density at radius 3 is 2.18 bits per heavy atom. The van der Waals surface area contributed by atoms with Crippen molar-refractivity contribution < 1.29 is 18.3 Å². The number of carbonyl (C=O) groups excluding carboxylic acids is 1. The zero-order chi connectivity index (χ0) is 19.7. The highest BCUT2D eigenvalue weighted by Crippen LogP contribution is 2.49. The Morgan fingerprint density at radius 1 is 0.857 bits per heavy atom. The molecule has 3 fully saturated rings. The highest BCUT2D eigenvalue weighted by Gasteiger charge is 2.39. The predicted molar refractivity (Wildman–Crippen MR) is 105 cm³/mol. The topological polar surface area (TPSA) is 26.3 Å². The average molecular weight is 391 g/mol. The quantitative estimate of drug-likeness (QED) is 0.433. The Labute approximate surface area is 167 Å². The number of halogens is 2. The summed E-state index contributed by atoms with van der Waals surface area (Å²) in [6, 6.07) is 3.06. The first-order chi connectivity index (χ1) is 13.5. The molecule has 4 unspecified atom stereocenters. The third-order valence-electron chi connectivity index (χ3n) is 7.79. The zero-order valence-electron chi connectivity index (χ0n) is 16.8. The molecule has 28 heavy (non-hydrogen) atoms. The van der Waals surface area contributed by atoms with E-state index in [0.717, 1.165) is 67.4 Å². The number of benzene rings is 1. The second-order valence-corrected chi connectivity index (χ2v) is 9.62. The Hall–Kier alpha value is -1.45. The summed E-state index contributed by atoms with van der Waals surface area (Å²) in [5.74, 6) is 2.16. The molecule has 4 rings (SSSR count). The van der Waals surface area contributed by atoms with Crippen molar-refractivity contribution in [1.29, 1.82) is 0 Å². The predicted octanol–water partition coefficient (Wildman–Crippen LogP) is 6.53. The third kappa shape index (κ3) is 4.41. The molecule has 1 aromatic carbocycles. The van der Waals surface area contributed by atoms with Crippen LogP contribution in [-0.2, 0) is 4.79 Å². The van der Waals surface area contributed by atoms with E-state index in [4.69, 9.17) is 4.74 Å². The van der Waals surface area contributed by atoms with Gasteiger partial charge in [0, 0.05) is 6.07 Å². The van der Waals surface area contributed by atoms with Crippen LogP contribution in [0.3, 0.4) is 0 Å². The molecule has 4 heteroatoms. The second-order valence-electron chi connectivity index (χ2n) is 9.62. The van der Waals surface area contributed by atoms with E-state index in [-0.39, 0.29) is 17.6 Å². The van der Waals surface area contributed by atoms with Gasteiger partial charge < -0.3 is 4.74 Å². The maximum absolute atomic E-state index is 13.7. The second kappa shape index (κ2) is 8.51. The SMILES string of the molecule is CC1CCC2CC(C3CCC(C(=O)Oc4ccc(F)cc4F)CC3)CCC2C1. The summed E-state index contributed by atoms with van der Waals surface area (Å²) in [5, 5.41) is 0.